The second kappa shape index (κ2) is 8.28. The van der Waals surface area contributed by atoms with Crippen LogP contribution in [0, 0.1) is 0 Å². The van der Waals surface area contributed by atoms with Gasteiger partial charge in [0.15, 0.2) is 6.10 Å². The number of alkyl halides is 3. The topological polar surface area (TPSA) is 53.0 Å². The Balaban J connectivity index is 1.33. The number of ether oxygens (including phenoxy) is 1. The van der Waals surface area contributed by atoms with Crippen LogP contribution in [0.1, 0.15) is 17.0 Å². The number of benzene rings is 2. The number of halogens is 3. The maximum atomic E-state index is 12.5. The largest absolute Gasteiger partial charge is 0.448 e. The first-order chi connectivity index (χ1) is 14.3. The molecule has 1 aliphatic carbocycles. The van der Waals surface area contributed by atoms with Gasteiger partial charge in [-0.05, 0) is 22.3 Å². The summed E-state index contributed by atoms with van der Waals surface area (Å²) in [5, 5.41) is 9.21. The van der Waals surface area contributed by atoms with E-state index in [-0.39, 0.29) is 38.7 Å². The van der Waals surface area contributed by atoms with E-state index in [1.54, 1.807) is 0 Å². The minimum Gasteiger partial charge on any atom is -0.448 e. The molecule has 1 amide bonds. The van der Waals surface area contributed by atoms with E-state index in [2.05, 4.69) is 12.1 Å². The summed E-state index contributed by atoms with van der Waals surface area (Å²) in [6.45, 7) is 0.777. The summed E-state index contributed by atoms with van der Waals surface area (Å²) in [7, 11) is 0. The van der Waals surface area contributed by atoms with E-state index < -0.39 is 24.9 Å². The highest BCUT2D eigenvalue weighted by molar-refractivity contribution is 5.79. The van der Waals surface area contributed by atoms with Crippen LogP contribution >= 0.6 is 0 Å². The van der Waals surface area contributed by atoms with E-state index in [1.165, 1.54) is 9.80 Å². The van der Waals surface area contributed by atoms with Crippen molar-refractivity contribution in [2.24, 2.45) is 0 Å². The van der Waals surface area contributed by atoms with Gasteiger partial charge in [0.1, 0.15) is 6.61 Å². The lowest BCUT2D eigenvalue weighted by Crippen LogP contribution is -2.52. The molecule has 0 bridgehead atoms. The molecule has 1 saturated heterocycles. The third-order valence-corrected chi connectivity index (χ3v) is 5.78. The van der Waals surface area contributed by atoms with Crippen molar-refractivity contribution in [3.8, 4) is 11.1 Å². The van der Waals surface area contributed by atoms with Crippen molar-refractivity contribution < 1.29 is 27.8 Å². The normalized spacial score (nSPS) is 18.1. The Hall–Kier alpha value is -2.58. The minimum atomic E-state index is -4.63. The molecule has 8 heteroatoms. The molecular weight excluding hydrogens is 397 g/mol. The summed E-state index contributed by atoms with van der Waals surface area (Å²) in [5.74, 6) is -0.0374. The zero-order valence-corrected chi connectivity index (χ0v) is 16.3. The van der Waals surface area contributed by atoms with Crippen molar-refractivity contribution in [1.29, 1.82) is 0 Å². The molecule has 1 unspecified atom stereocenters. The van der Waals surface area contributed by atoms with Gasteiger partial charge in [-0.2, -0.15) is 13.2 Å². The maximum Gasteiger partial charge on any atom is 0.415 e. The van der Waals surface area contributed by atoms with E-state index in [1.807, 2.05) is 36.4 Å². The molecule has 1 heterocycles. The fraction of sp³-hybridized carbons (Fsp3) is 0.409. The average Bonchev–Trinajstić information content (AvgIpc) is 3.06. The van der Waals surface area contributed by atoms with Gasteiger partial charge in [0.25, 0.3) is 0 Å². The monoisotopic (exact) mass is 420 g/mol. The van der Waals surface area contributed by atoms with E-state index in [4.69, 9.17) is 4.74 Å². The number of amides is 1. The maximum absolute atomic E-state index is 12.5. The van der Waals surface area contributed by atoms with Crippen LogP contribution in [0.5, 0.6) is 0 Å². The number of carbonyl (C=O) groups excluding carboxylic acids is 1. The summed E-state index contributed by atoms with van der Waals surface area (Å²) < 4.78 is 43.1. The molecule has 0 aromatic heterocycles. The highest BCUT2D eigenvalue weighted by atomic mass is 19.4. The van der Waals surface area contributed by atoms with Crippen LogP contribution in [0.2, 0.25) is 0 Å². The molecule has 1 aliphatic heterocycles. The van der Waals surface area contributed by atoms with E-state index in [0.717, 1.165) is 22.3 Å². The molecule has 1 N–H and O–H groups in total. The van der Waals surface area contributed by atoms with Gasteiger partial charge in [0.2, 0.25) is 0 Å². The Morgan fingerprint density at radius 3 is 2.07 bits per heavy atom. The minimum absolute atomic E-state index is 0.0374. The molecule has 160 valence electrons. The van der Waals surface area contributed by atoms with Crippen molar-refractivity contribution in [2.75, 3.05) is 39.3 Å². The molecule has 0 saturated carbocycles. The van der Waals surface area contributed by atoms with Crippen molar-refractivity contribution >= 4 is 6.09 Å². The van der Waals surface area contributed by atoms with Crippen LogP contribution in [0.25, 0.3) is 11.1 Å². The highest BCUT2D eigenvalue weighted by Gasteiger charge is 2.39. The zero-order chi connectivity index (χ0) is 21.3. The van der Waals surface area contributed by atoms with Gasteiger partial charge in [-0.1, -0.05) is 48.5 Å². The summed E-state index contributed by atoms with van der Waals surface area (Å²) in [4.78, 5) is 15.5. The van der Waals surface area contributed by atoms with Crippen LogP contribution in [-0.4, -0.2) is 72.6 Å². The van der Waals surface area contributed by atoms with Gasteiger partial charge >= 0.3 is 12.3 Å². The van der Waals surface area contributed by atoms with Crippen LogP contribution in [0.15, 0.2) is 48.5 Å². The number of carbonyl (C=O) groups is 1. The number of hydrogen-bond donors (Lipinski definition) is 1. The Bertz CT molecular complexity index is 865. The zero-order valence-electron chi connectivity index (χ0n) is 16.3. The van der Waals surface area contributed by atoms with Crippen LogP contribution in [0.3, 0.4) is 0 Å². The number of rotatable bonds is 4. The average molecular weight is 420 g/mol. The fourth-order valence-electron chi connectivity index (χ4n) is 4.15. The van der Waals surface area contributed by atoms with Crippen LogP contribution < -0.4 is 0 Å². The summed E-state index contributed by atoms with van der Waals surface area (Å²) >= 11 is 0. The molecule has 1 atom stereocenters. The molecule has 0 spiro atoms. The predicted molar refractivity (Wildman–Crippen MR) is 105 cm³/mol. The molecular formula is C22H23F3N2O3. The Morgan fingerprint density at radius 2 is 1.53 bits per heavy atom. The third-order valence-electron chi connectivity index (χ3n) is 5.78. The fourth-order valence-corrected chi connectivity index (χ4v) is 4.15. The molecule has 1 fully saturated rings. The molecule has 0 radical (unpaired) electrons. The lowest BCUT2D eigenvalue weighted by molar-refractivity contribution is -0.208. The van der Waals surface area contributed by atoms with Gasteiger partial charge in [-0.15, -0.1) is 0 Å². The Labute approximate surface area is 172 Å². The van der Waals surface area contributed by atoms with Gasteiger partial charge in [-0.25, -0.2) is 4.79 Å². The molecule has 4 rings (SSSR count). The molecule has 2 aliphatic rings. The number of hydrogen-bond acceptors (Lipinski definition) is 4. The van der Waals surface area contributed by atoms with Crippen molar-refractivity contribution in [1.82, 2.24) is 9.80 Å². The Morgan fingerprint density at radius 1 is 1.00 bits per heavy atom. The van der Waals surface area contributed by atoms with Gasteiger partial charge in [0, 0.05) is 38.6 Å². The standard InChI is InChI=1S/C22H23F3N2O3/c23-22(24,25)20(28)13-26-9-11-27(12-10-26)21(29)30-14-19-17-7-3-1-5-15(17)16-6-2-4-8-18(16)19/h1-8,19-20,28H,9-14H2. The quantitative estimate of drug-likeness (QED) is 0.823. The lowest BCUT2D eigenvalue weighted by atomic mass is 9.98. The highest BCUT2D eigenvalue weighted by Crippen LogP contribution is 2.44. The second-order valence-corrected chi connectivity index (χ2v) is 7.65. The number of piperazine rings is 1. The SMILES string of the molecule is O=C(OCC1c2ccccc2-c2ccccc21)N1CCN(CC(O)C(F)(F)F)CC1. The molecule has 30 heavy (non-hydrogen) atoms. The summed E-state index contributed by atoms with van der Waals surface area (Å²) in [6.07, 6.45) is -7.48. The van der Waals surface area contributed by atoms with E-state index in [0.29, 0.717) is 0 Å². The summed E-state index contributed by atoms with van der Waals surface area (Å²) in [6, 6.07) is 16.1. The Kier molecular flexibility index (Phi) is 5.71. The number of aliphatic hydroxyl groups is 1. The van der Waals surface area contributed by atoms with Crippen molar-refractivity contribution in [3.63, 3.8) is 0 Å². The number of β-amino-alcohol motifs (C(OH)–C–C–N with tert-alkyl or cyclic N) is 1. The molecule has 2 aromatic carbocycles. The predicted octanol–water partition coefficient (Wildman–Crippen LogP) is 3.48. The second-order valence-electron chi connectivity index (χ2n) is 7.65. The van der Waals surface area contributed by atoms with Gasteiger partial charge < -0.3 is 14.7 Å². The van der Waals surface area contributed by atoms with Crippen molar-refractivity contribution in [3.05, 3.63) is 59.7 Å². The lowest BCUT2D eigenvalue weighted by Gasteiger charge is -2.35. The first kappa shape index (κ1) is 20.7. The smallest absolute Gasteiger partial charge is 0.415 e. The van der Waals surface area contributed by atoms with Crippen molar-refractivity contribution in [2.45, 2.75) is 18.2 Å². The summed E-state index contributed by atoms with van der Waals surface area (Å²) in [5.41, 5.74) is 4.53. The van der Waals surface area contributed by atoms with Crippen LogP contribution in [-0.2, 0) is 4.74 Å². The first-order valence-electron chi connectivity index (χ1n) is 9.91. The van der Waals surface area contributed by atoms with E-state index in [9.17, 15) is 23.1 Å². The number of fused-ring (bicyclic) bond motifs is 3. The van der Waals surface area contributed by atoms with Gasteiger partial charge in [0.05, 0.1) is 0 Å². The third kappa shape index (κ3) is 4.15. The van der Waals surface area contributed by atoms with Crippen LogP contribution in [0.4, 0.5) is 18.0 Å². The molecule has 5 nitrogen and oxygen atoms in total. The first-order valence-corrected chi connectivity index (χ1v) is 9.91. The molecule has 2 aromatic rings. The van der Waals surface area contributed by atoms with Gasteiger partial charge in [-0.3, -0.25) is 4.90 Å². The number of aliphatic hydroxyl groups excluding tert-OH is 1. The van der Waals surface area contributed by atoms with E-state index >= 15 is 0 Å². The number of nitrogens with zero attached hydrogens (tertiary/aromatic N) is 2.